The van der Waals surface area contributed by atoms with Crippen LogP contribution in [0.25, 0.3) is 0 Å². The highest BCUT2D eigenvalue weighted by atomic mass is 16.5. The second-order valence-electron chi connectivity index (χ2n) is 4.05. The van der Waals surface area contributed by atoms with Crippen LogP contribution in [-0.4, -0.2) is 65.6 Å². The van der Waals surface area contributed by atoms with Crippen molar-refractivity contribution in [1.29, 1.82) is 0 Å². The highest BCUT2D eigenvalue weighted by molar-refractivity contribution is 5.76. The summed E-state index contributed by atoms with van der Waals surface area (Å²) in [5, 5.41) is 20.3. The minimum absolute atomic E-state index is 0.125. The predicted octanol–water partition coefficient (Wildman–Crippen LogP) is -0.748. The Bertz CT molecular complexity index is 284. The first-order valence-corrected chi connectivity index (χ1v) is 5.52. The summed E-state index contributed by atoms with van der Waals surface area (Å²) in [4.78, 5) is 23.8. The molecule has 1 saturated heterocycles. The number of ether oxygens (including phenoxy) is 1. The lowest BCUT2D eigenvalue weighted by molar-refractivity contribution is -0.137. The minimum Gasteiger partial charge on any atom is -0.481 e. The molecule has 0 aromatic heterocycles. The molecule has 2 atom stereocenters. The maximum atomic E-state index is 11.8. The summed E-state index contributed by atoms with van der Waals surface area (Å²) in [5.41, 5.74) is 0. The number of carbonyl (C=O) groups excluding carboxylic acids is 1. The van der Waals surface area contributed by atoms with E-state index in [1.54, 1.807) is 6.92 Å². The molecule has 17 heavy (non-hydrogen) atoms. The summed E-state index contributed by atoms with van der Waals surface area (Å²) in [7, 11) is 0. The van der Waals surface area contributed by atoms with Crippen LogP contribution in [0.5, 0.6) is 0 Å². The van der Waals surface area contributed by atoms with E-state index in [4.69, 9.17) is 14.9 Å². The van der Waals surface area contributed by atoms with Gasteiger partial charge in [-0.25, -0.2) is 4.79 Å². The first-order chi connectivity index (χ1) is 8.04. The molecular weight excluding hydrogens is 228 g/mol. The molecule has 0 aliphatic carbocycles. The summed E-state index contributed by atoms with van der Waals surface area (Å²) in [6, 6.07) is -1.16. The Hall–Kier alpha value is -1.34. The molecule has 0 spiro atoms. The molecule has 0 aromatic carbocycles. The number of hydrogen-bond acceptors (Lipinski definition) is 4. The van der Waals surface area contributed by atoms with Crippen LogP contribution in [0.15, 0.2) is 0 Å². The van der Waals surface area contributed by atoms with Crippen molar-refractivity contribution in [3.63, 3.8) is 0 Å². The summed E-state index contributed by atoms with van der Waals surface area (Å²) >= 11 is 0. The number of aliphatic hydroxyl groups is 1. The van der Waals surface area contributed by atoms with E-state index in [-0.39, 0.29) is 25.1 Å². The minimum atomic E-state index is -0.960. The van der Waals surface area contributed by atoms with Crippen LogP contribution >= 0.6 is 0 Å². The lowest BCUT2D eigenvalue weighted by atomic mass is 10.2. The Balaban J connectivity index is 2.47. The number of rotatable bonds is 4. The van der Waals surface area contributed by atoms with Gasteiger partial charge in [-0.2, -0.15) is 0 Å². The van der Waals surface area contributed by atoms with E-state index in [2.05, 4.69) is 5.32 Å². The first kappa shape index (κ1) is 13.7. The van der Waals surface area contributed by atoms with Crippen molar-refractivity contribution in [2.45, 2.75) is 25.4 Å². The molecule has 1 fully saturated rings. The second-order valence-corrected chi connectivity index (χ2v) is 4.05. The van der Waals surface area contributed by atoms with Crippen LogP contribution in [0.4, 0.5) is 4.79 Å². The van der Waals surface area contributed by atoms with Gasteiger partial charge in [-0.05, 0) is 6.92 Å². The fourth-order valence-corrected chi connectivity index (χ4v) is 1.68. The normalized spacial score (nSPS) is 22.0. The van der Waals surface area contributed by atoms with E-state index in [9.17, 15) is 9.59 Å². The van der Waals surface area contributed by atoms with Crippen LogP contribution in [0.3, 0.4) is 0 Å². The van der Waals surface area contributed by atoms with Gasteiger partial charge in [0.05, 0.1) is 32.3 Å². The SMILES string of the molecule is CC(CC(=O)O)NC(=O)N1CCOCC1CO. The molecule has 0 radical (unpaired) electrons. The number of morpholine rings is 1. The lowest BCUT2D eigenvalue weighted by Crippen LogP contribution is -2.55. The second kappa shape index (κ2) is 6.41. The lowest BCUT2D eigenvalue weighted by Gasteiger charge is -2.35. The average Bonchev–Trinajstić information content (AvgIpc) is 2.27. The van der Waals surface area contributed by atoms with Gasteiger partial charge in [-0.15, -0.1) is 0 Å². The number of carbonyl (C=O) groups is 2. The highest BCUT2D eigenvalue weighted by Crippen LogP contribution is 2.07. The summed E-state index contributed by atoms with van der Waals surface area (Å²) < 4.78 is 5.15. The van der Waals surface area contributed by atoms with Crippen molar-refractivity contribution >= 4 is 12.0 Å². The number of nitrogens with one attached hydrogen (secondary N) is 1. The van der Waals surface area contributed by atoms with Gasteiger partial charge >= 0.3 is 12.0 Å². The van der Waals surface area contributed by atoms with Crippen LogP contribution in [0.2, 0.25) is 0 Å². The van der Waals surface area contributed by atoms with Gasteiger partial charge in [0.1, 0.15) is 0 Å². The van der Waals surface area contributed by atoms with Crippen LogP contribution < -0.4 is 5.32 Å². The predicted molar refractivity (Wildman–Crippen MR) is 58.6 cm³/mol. The van der Waals surface area contributed by atoms with Crippen molar-refractivity contribution < 1.29 is 24.5 Å². The van der Waals surface area contributed by atoms with Crippen molar-refractivity contribution in [2.24, 2.45) is 0 Å². The number of urea groups is 1. The van der Waals surface area contributed by atoms with Gasteiger partial charge < -0.3 is 25.2 Å². The monoisotopic (exact) mass is 246 g/mol. The topological polar surface area (TPSA) is 99.1 Å². The van der Waals surface area contributed by atoms with Crippen LogP contribution in [0.1, 0.15) is 13.3 Å². The summed E-state index contributed by atoms with van der Waals surface area (Å²) in [6.07, 6.45) is -0.125. The molecule has 0 bridgehead atoms. The van der Waals surface area contributed by atoms with Crippen molar-refractivity contribution in [2.75, 3.05) is 26.4 Å². The molecule has 2 amide bonds. The Morgan fingerprint density at radius 2 is 2.29 bits per heavy atom. The van der Waals surface area contributed by atoms with Gasteiger partial charge in [0.15, 0.2) is 0 Å². The third kappa shape index (κ3) is 4.20. The standard InChI is InChI=1S/C10H18N2O5/c1-7(4-9(14)15)11-10(16)12-2-3-17-6-8(12)5-13/h7-8,13H,2-6H2,1H3,(H,11,16)(H,14,15). The number of aliphatic carboxylic acids is 1. The van der Waals surface area contributed by atoms with Crippen LogP contribution in [-0.2, 0) is 9.53 Å². The maximum absolute atomic E-state index is 11.8. The summed E-state index contributed by atoms with van der Waals surface area (Å²) in [6.45, 7) is 2.59. The fraction of sp³-hybridized carbons (Fsp3) is 0.800. The number of carboxylic acid groups (broad SMARTS) is 1. The van der Waals surface area contributed by atoms with Gasteiger partial charge in [-0.1, -0.05) is 0 Å². The molecule has 1 heterocycles. The largest absolute Gasteiger partial charge is 0.481 e. The third-order valence-electron chi connectivity index (χ3n) is 2.55. The van der Waals surface area contributed by atoms with Gasteiger partial charge in [0.2, 0.25) is 0 Å². The van der Waals surface area contributed by atoms with Gasteiger partial charge in [-0.3, -0.25) is 4.79 Å². The maximum Gasteiger partial charge on any atom is 0.318 e. The Morgan fingerprint density at radius 3 is 2.88 bits per heavy atom. The van der Waals surface area contributed by atoms with Crippen LogP contribution in [0, 0.1) is 0 Å². The number of hydrogen-bond donors (Lipinski definition) is 3. The molecule has 1 rings (SSSR count). The number of carboxylic acids is 1. The Morgan fingerprint density at radius 1 is 1.59 bits per heavy atom. The third-order valence-corrected chi connectivity index (χ3v) is 2.55. The zero-order chi connectivity index (χ0) is 12.8. The number of amides is 2. The molecule has 7 nitrogen and oxygen atoms in total. The van der Waals surface area contributed by atoms with E-state index < -0.39 is 12.0 Å². The zero-order valence-electron chi connectivity index (χ0n) is 9.76. The van der Waals surface area contributed by atoms with E-state index in [1.807, 2.05) is 0 Å². The molecule has 1 aliphatic rings. The fourth-order valence-electron chi connectivity index (χ4n) is 1.68. The Kier molecular flexibility index (Phi) is 5.17. The van der Waals surface area contributed by atoms with Crippen molar-refractivity contribution in [3.8, 4) is 0 Å². The molecule has 0 saturated carbocycles. The molecule has 0 aromatic rings. The van der Waals surface area contributed by atoms with Gasteiger partial charge in [0.25, 0.3) is 0 Å². The smallest absolute Gasteiger partial charge is 0.318 e. The van der Waals surface area contributed by atoms with Crippen molar-refractivity contribution in [3.05, 3.63) is 0 Å². The molecular formula is C10H18N2O5. The van der Waals surface area contributed by atoms with E-state index in [0.717, 1.165) is 0 Å². The number of aliphatic hydroxyl groups excluding tert-OH is 1. The average molecular weight is 246 g/mol. The van der Waals surface area contributed by atoms with E-state index in [1.165, 1.54) is 4.90 Å². The van der Waals surface area contributed by atoms with Crippen molar-refractivity contribution in [1.82, 2.24) is 10.2 Å². The zero-order valence-corrected chi connectivity index (χ0v) is 9.76. The number of nitrogens with zero attached hydrogens (tertiary/aromatic N) is 1. The highest BCUT2D eigenvalue weighted by Gasteiger charge is 2.27. The first-order valence-electron chi connectivity index (χ1n) is 5.52. The molecule has 2 unspecified atom stereocenters. The summed E-state index contributed by atoms with van der Waals surface area (Å²) in [5.74, 6) is -0.960. The quantitative estimate of drug-likeness (QED) is 0.606. The van der Waals surface area contributed by atoms with E-state index in [0.29, 0.717) is 19.8 Å². The molecule has 3 N–H and O–H groups in total. The van der Waals surface area contributed by atoms with Gasteiger partial charge in [0, 0.05) is 12.6 Å². The Labute approximate surface area is 99.4 Å². The molecule has 1 aliphatic heterocycles. The molecule has 98 valence electrons. The molecule has 7 heteroatoms. The van der Waals surface area contributed by atoms with E-state index >= 15 is 0 Å².